The first-order valence-corrected chi connectivity index (χ1v) is 10.2. The van der Waals surface area contributed by atoms with E-state index >= 15 is 0 Å². The van der Waals surface area contributed by atoms with Crippen molar-refractivity contribution >= 4 is 11.6 Å². The molecule has 6 nitrogen and oxygen atoms in total. The Kier molecular flexibility index (Phi) is 5.92. The number of anilines is 1. The minimum atomic E-state index is -0.486. The third-order valence-corrected chi connectivity index (χ3v) is 5.79. The van der Waals surface area contributed by atoms with E-state index in [9.17, 15) is 14.3 Å². The predicted octanol–water partition coefficient (Wildman–Crippen LogP) is 2.59. The summed E-state index contributed by atoms with van der Waals surface area (Å²) in [7, 11) is 3.97. The summed E-state index contributed by atoms with van der Waals surface area (Å²) < 4.78 is 25.4. The van der Waals surface area contributed by atoms with Crippen LogP contribution in [0, 0.1) is 5.82 Å². The number of hydrogen-bond acceptors (Lipinski definition) is 5. The summed E-state index contributed by atoms with van der Waals surface area (Å²) in [5.74, 6) is 0.382. The number of rotatable bonds is 6. The van der Waals surface area contributed by atoms with E-state index in [0.717, 1.165) is 17.0 Å². The number of aliphatic hydroxyl groups excluding tert-OH is 1. The van der Waals surface area contributed by atoms with E-state index in [2.05, 4.69) is 11.4 Å². The van der Waals surface area contributed by atoms with E-state index in [4.69, 9.17) is 9.47 Å². The van der Waals surface area contributed by atoms with Gasteiger partial charge in [-0.15, -0.1) is 0 Å². The molecule has 2 aromatic carbocycles. The summed E-state index contributed by atoms with van der Waals surface area (Å²) in [6.07, 6.45) is -0.252. The largest absolute Gasteiger partial charge is 0.487 e. The molecule has 0 radical (unpaired) electrons. The van der Waals surface area contributed by atoms with Crippen LogP contribution >= 0.6 is 0 Å². The molecule has 2 heterocycles. The lowest BCUT2D eigenvalue weighted by Crippen LogP contribution is -2.47. The first kappa shape index (κ1) is 20.6. The highest BCUT2D eigenvalue weighted by Crippen LogP contribution is 2.47. The molecule has 7 heteroatoms. The molecule has 160 valence electrons. The van der Waals surface area contributed by atoms with Gasteiger partial charge in [0.05, 0.1) is 19.1 Å². The van der Waals surface area contributed by atoms with Gasteiger partial charge in [0.25, 0.3) is 0 Å². The summed E-state index contributed by atoms with van der Waals surface area (Å²) in [5.41, 5.74) is 2.88. The van der Waals surface area contributed by atoms with Crippen molar-refractivity contribution in [3.63, 3.8) is 0 Å². The molecular formula is C23H27FN2O4. The molecule has 0 unspecified atom stereocenters. The normalized spacial score (nSPS) is 24.5. The predicted molar refractivity (Wildman–Crippen MR) is 111 cm³/mol. The van der Waals surface area contributed by atoms with Gasteiger partial charge in [0.15, 0.2) is 0 Å². The number of halogens is 1. The van der Waals surface area contributed by atoms with E-state index in [1.807, 2.05) is 31.1 Å². The topological polar surface area (TPSA) is 71.0 Å². The van der Waals surface area contributed by atoms with Crippen LogP contribution in [-0.4, -0.2) is 50.0 Å². The van der Waals surface area contributed by atoms with Gasteiger partial charge in [-0.25, -0.2) is 4.39 Å². The number of fused-ring (bicyclic) bond motifs is 3. The summed E-state index contributed by atoms with van der Waals surface area (Å²) in [4.78, 5) is 14.5. The fourth-order valence-corrected chi connectivity index (χ4v) is 4.28. The fraction of sp³-hybridized carbons (Fsp3) is 0.435. The van der Waals surface area contributed by atoms with Crippen LogP contribution in [0.25, 0.3) is 0 Å². The smallest absolute Gasteiger partial charge is 0.222 e. The summed E-state index contributed by atoms with van der Waals surface area (Å²) >= 11 is 0. The van der Waals surface area contributed by atoms with E-state index in [-0.39, 0.29) is 49.4 Å². The van der Waals surface area contributed by atoms with Crippen molar-refractivity contribution in [3.05, 3.63) is 59.4 Å². The number of hydrogen-bond donors (Lipinski definition) is 2. The average Bonchev–Trinajstić information content (AvgIpc) is 3.09. The van der Waals surface area contributed by atoms with Gasteiger partial charge in [-0.3, -0.25) is 4.79 Å². The van der Waals surface area contributed by atoms with Crippen molar-refractivity contribution in [2.75, 3.05) is 25.6 Å². The zero-order valence-corrected chi connectivity index (χ0v) is 17.2. The second kappa shape index (κ2) is 8.62. The van der Waals surface area contributed by atoms with Gasteiger partial charge < -0.3 is 24.8 Å². The Morgan fingerprint density at radius 3 is 2.83 bits per heavy atom. The van der Waals surface area contributed by atoms with Crippen LogP contribution in [-0.2, 0) is 16.1 Å². The van der Waals surface area contributed by atoms with Gasteiger partial charge in [0.1, 0.15) is 23.8 Å². The standard InChI is InChI=1S/C23H27FN2O4/c1-26(2)16-6-7-20-18(9-16)19-10-17(29-21(13-27)23(19)30-20)11-22(28)25-12-14-4-3-5-15(24)8-14/h3-9,17,19,21,23,27H,10-13H2,1-2H3,(H,25,28)/t17-,19-,21+,23+/m0/s1. The van der Waals surface area contributed by atoms with Crippen molar-refractivity contribution < 1.29 is 23.8 Å². The maximum Gasteiger partial charge on any atom is 0.222 e. The minimum absolute atomic E-state index is 0.0619. The number of benzene rings is 2. The number of amides is 1. The van der Waals surface area contributed by atoms with Crippen molar-refractivity contribution in [3.8, 4) is 5.75 Å². The third-order valence-electron chi connectivity index (χ3n) is 5.79. The van der Waals surface area contributed by atoms with Crippen LogP contribution in [0.15, 0.2) is 42.5 Å². The van der Waals surface area contributed by atoms with Crippen LogP contribution in [0.1, 0.15) is 29.9 Å². The van der Waals surface area contributed by atoms with Crippen LogP contribution in [0.5, 0.6) is 5.75 Å². The summed E-state index contributed by atoms with van der Waals surface area (Å²) in [6, 6.07) is 12.2. The first-order valence-electron chi connectivity index (χ1n) is 10.2. The highest BCUT2D eigenvalue weighted by molar-refractivity contribution is 5.76. The molecule has 30 heavy (non-hydrogen) atoms. The maximum absolute atomic E-state index is 13.3. The highest BCUT2D eigenvalue weighted by atomic mass is 19.1. The van der Waals surface area contributed by atoms with Crippen LogP contribution in [0.4, 0.5) is 10.1 Å². The third kappa shape index (κ3) is 4.27. The molecule has 0 aromatic heterocycles. The van der Waals surface area contributed by atoms with Crippen molar-refractivity contribution in [2.24, 2.45) is 0 Å². The average molecular weight is 414 g/mol. The molecule has 2 aromatic rings. The molecule has 4 rings (SSSR count). The van der Waals surface area contributed by atoms with Gasteiger partial charge in [0, 0.05) is 37.8 Å². The lowest BCUT2D eigenvalue weighted by Gasteiger charge is -2.37. The number of aliphatic hydroxyl groups is 1. The Morgan fingerprint density at radius 2 is 2.10 bits per heavy atom. The van der Waals surface area contributed by atoms with E-state index in [1.54, 1.807) is 12.1 Å². The van der Waals surface area contributed by atoms with Crippen molar-refractivity contribution in [1.29, 1.82) is 0 Å². The van der Waals surface area contributed by atoms with Gasteiger partial charge >= 0.3 is 0 Å². The first-order chi connectivity index (χ1) is 14.4. The number of ether oxygens (including phenoxy) is 2. The van der Waals surface area contributed by atoms with E-state index in [1.165, 1.54) is 12.1 Å². The summed E-state index contributed by atoms with van der Waals surface area (Å²) in [6.45, 7) is 0.0913. The number of carbonyl (C=O) groups excluding carboxylic acids is 1. The quantitative estimate of drug-likeness (QED) is 0.760. The molecule has 0 bridgehead atoms. The Labute approximate surface area is 175 Å². The molecule has 0 spiro atoms. The highest BCUT2D eigenvalue weighted by Gasteiger charge is 2.46. The zero-order valence-electron chi connectivity index (χ0n) is 17.2. The van der Waals surface area contributed by atoms with Crippen LogP contribution < -0.4 is 15.0 Å². The maximum atomic E-state index is 13.3. The number of nitrogens with one attached hydrogen (secondary N) is 1. The zero-order chi connectivity index (χ0) is 21.3. The molecular weight excluding hydrogens is 387 g/mol. The minimum Gasteiger partial charge on any atom is -0.487 e. The molecule has 1 saturated heterocycles. The Morgan fingerprint density at radius 1 is 1.27 bits per heavy atom. The van der Waals surface area contributed by atoms with Gasteiger partial charge in [-0.2, -0.15) is 0 Å². The van der Waals surface area contributed by atoms with Crippen LogP contribution in [0.3, 0.4) is 0 Å². The van der Waals surface area contributed by atoms with Crippen LogP contribution in [0.2, 0.25) is 0 Å². The molecule has 2 N–H and O–H groups in total. The molecule has 4 atom stereocenters. The van der Waals surface area contributed by atoms with E-state index < -0.39 is 6.10 Å². The molecule has 1 fully saturated rings. The lowest BCUT2D eigenvalue weighted by atomic mass is 9.84. The second-order valence-electron chi connectivity index (χ2n) is 8.13. The fourth-order valence-electron chi connectivity index (χ4n) is 4.28. The van der Waals surface area contributed by atoms with Gasteiger partial charge in [0.2, 0.25) is 5.91 Å². The SMILES string of the molecule is CN(C)c1ccc2c(c1)[C@@H]1C[C@@H](CC(=O)NCc3cccc(F)c3)O[C@H](CO)[C@@H]1O2. The molecule has 2 aliphatic rings. The van der Waals surface area contributed by atoms with Gasteiger partial charge in [-0.05, 0) is 42.3 Å². The Hall–Kier alpha value is -2.64. The Balaban J connectivity index is 1.43. The molecule has 0 aliphatic carbocycles. The van der Waals surface area contributed by atoms with Crippen molar-refractivity contribution in [2.45, 2.75) is 43.6 Å². The lowest BCUT2D eigenvalue weighted by molar-refractivity contribution is -0.142. The number of nitrogens with zero attached hydrogens (tertiary/aromatic N) is 1. The van der Waals surface area contributed by atoms with E-state index in [0.29, 0.717) is 12.0 Å². The molecule has 1 amide bonds. The van der Waals surface area contributed by atoms with Gasteiger partial charge in [-0.1, -0.05) is 12.1 Å². The van der Waals surface area contributed by atoms with Crippen molar-refractivity contribution in [1.82, 2.24) is 5.32 Å². The number of carbonyl (C=O) groups is 1. The summed E-state index contributed by atoms with van der Waals surface area (Å²) in [5, 5.41) is 12.7. The molecule has 2 aliphatic heterocycles. The second-order valence-corrected chi connectivity index (χ2v) is 8.13. The molecule has 0 saturated carbocycles. The monoisotopic (exact) mass is 414 g/mol. The Bertz CT molecular complexity index is 920.